The van der Waals surface area contributed by atoms with Gasteiger partial charge in [0.15, 0.2) is 6.61 Å². The summed E-state index contributed by atoms with van der Waals surface area (Å²) in [6.07, 6.45) is 1.26. The summed E-state index contributed by atoms with van der Waals surface area (Å²) in [5, 5.41) is 0. The molecule has 2 fully saturated rings. The standard InChI is InChI=1S/C18H19N3O6S/c22-15-2-1-11-7-14(8-12-3-6-20(15)17(11)12)28(25,26)19-5-4-13(9-19)21-16(23)10-27-18(21)24/h7-8,13H,1-6,9-10H2. The maximum Gasteiger partial charge on any atom is 0.417 e. The molecule has 1 unspecified atom stereocenters. The van der Waals surface area contributed by atoms with Gasteiger partial charge in [0.25, 0.3) is 5.91 Å². The zero-order valence-electron chi connectivity index (χ0n) is 15.1. The largest absolute Gasteiger partial charge is 0.439 e. The van der Waals surface area contributed by atoms with Gasteiger partial charge in [0.1, 0.15) is 0 Å². The fraction of sp³-hybridized carbons (Fsp3) is 0.500. The number of hydrogen-bond acceptors (Lipinski definition) is 6. The van der Waals surface area contributed by atoms with Crippen LogP contribution in [0.2, 0.25) is 0 Å². The average molecular weight is 405 g/mol. The average Bonchev–Trinajstić information content (AvgIpc) is 3.38. The first-order valence-electron chi connectivity index (χ1n) is 9.31. The van der Waals surface area contributed by atoms with Crippen molar-refractivity contribution < 1.29 is 27.5 Å². The molecule has 1 aromatic rings. The zero-order chi connectivity index (χ0) is 19.6. The molecule has 28 heavy (non-hydrogen) atoms. The van der Waals surface area contributed by atoms with E-state index in [0.29, 0.717) is 32.2 Å². The summed E-state index contributed by atoms with van der Waals surface area (Å²) in [5.41, 5.74) is 2.65. The number of imide groups is 1. The van der Waals surface area contributed by atoms with E-state index in [9.17, 15) is 22.8 Å². The molecule has 0 aromatic heterocycles. The number of aryl methyl sites for hydroxylation is 1. The van der Waals surface area contributed by atoms with Crippen LogP contribution in [0.1, 0.15) is 24.0 Å². The summed E-state index contributed by atoms with van der Waals surface area (Å²) in [7, 11) is -3.76. The van der Waals surface area contributed by atoms with E-state index in [1.54, 1.807) is 17.0 Å². The number of sulfonamides is 1. The van der Waals surface area contributed by atoms with E-state index < -0.39 is 28.1 Å². The van der Waals surface area contributed by atoms with Crippen LogP contribution >= 0.6 is 0 Å². The summed E-state index contributed by atoms with van der Waals surface area (Å²) in [5.74, 6) is -0.340. The van der Waals surface area contributed by atoms with Crippen molar-refractivity contribution in [2.75, 3.05) is 31.1 Å². The molecule has 0 spiro atoms. The van der Waals surface area contributed by atoms with Gasteiger partial charge in [-0.1, -0.05) is 0 Å². The van der Waals surface area contributed by atoms with E-state index in [1.807, 2.05) is 0 Å². The Morgan fingerprint density at radius 2 is 1.71 bits per heavy atom. The van der Waals surface area contributed by atoms with Crippen LogP contribution in [0.25, 0.3) is 0 Å². The van der Waals surface area contributed by atoms with Crippen molar-refractivity contribution >= 4 is 33.6 Å². The molecule has 1 atom stereocenters. The number of carbonyl (C=O) groups is 3. The SMILES string of the molecule is O=C1CCc2cc(S(=O)(=O)N3CCC(N4C(=O)COC4=O)C3)cc3c2N1CC3. The molecule has 4 heterocycles. The molecular weight excluding hydrogens is 386 g/mol. The highest BCUT2D eigenvalue weighted by atomic mass is 32.2. The van der Waals surface area contributed by atoms with Crippen LogP contribution in [-0.2, 0) is 37.2 Å². The third-order valence-electron chi connectivity index (χ3n) is 5.94. The highest BCUT2D eigenvalue weighted by Crippen LogP contribution is 2.39. The fourth-order valence-corrected chi connectivity index (χ4v) is 6.18. The van der Waals surface area contributed by atoms with E-state index in [1.165, 1.54) is 4.31 Å². The monoisotopic (exact) mass is 405 g/mol. The number of hydrogen-bond donors (Lipinski definition) is 0. The van der Waals surface area contributed by atoms with Crippen LogP contribution in [0.3, 0.4) is 0 Å². The normalized spacial score (nSPS) is 24.9. The lowest BCUT2D eigenvalue weighted by atomic mass is 10.00. The van der Waals surface area contributed by atoms with Crippen molar-refractivity contribution in [3.63, 3.8) is 0 Å². The Kier molecular flexibility index (Phi) is 3.79. The van der Waals surface area contributed by atoms with E-state index in [4.69, 9.17) is 4.74 Å². The Morgan fingerprint density at radius 1 is 0.964 bits per heavy atom. The molecule has 3 amide bonds. The highest BCUT2D eigenvalue weighted by molar-refractivity contribution is 7.89. The van der Waals surface area contributed by atoms with Gasteiger partial charge in [-0.05, 0) is 42.5 Å². The summed E-state index contributed by atoms with van der Waals surface area (Å²) in [6.45, 7) is 0.614. The zero-order valence-corrected chi connectivity index (χ0v) is 15.9. The predicted molar refractivity (Wildman–Crippen MR) is 96.2 cm³/mol. The van der Waals surface area contributed by atoms with Gasteiger partial charge in [-0.2, -0.15) is 4.31 Å². The van der Waals surface area contributed by atoms with Crippen molar-refractivity contribution in [2.45, 2.75) is 36.6 Å². The number of nitrogens with zero attached hydrogens (tertiary/aromatic N) is 3. The molecule has 4 aliphatic rings. The van der Waals surface area contributed by atoms with Gasteiger partial charge in [-0.15, -0.1) is 0 Å². The Hall–Kier alpha value is -2.46. The van der Waals surface area contributed by atoms with Crippen molar-refractivity contribution in [1.29, 1.82) is 0 Å². The Morgan fingerprint density at radius 3 is 2.43 bits per heavy atom. The molecule has 1 aromatic carbocycles. The molecule has 0 saturated carbocycles. The maximum absolute atomic E-state index is 13.2. The maximum atomic E-state index is 13.2. The lowest BCUT2D eigenvalue weighted by Crippen LogP contribution is -2.42. The number of ether oxygens (including phenoxy) is 1. The summed E-state index contributed by atoms with van der Waals surface area (Å²) < 4.78 is 32.5. The molecule has 148 valence electrons. The van der Waals surface area contributed by atoms with Crippen molar-refractivity contribution in [3.8, 4) is 0 Å². The molecule has 0 radical (unpaired) electrons. The first-order valence-corrected chi connectivity index (χ1v) is 10.8. The van der Waals surface area contributed by atoms with Gasteiger partial charge in [0, 0.05) is 26.1 Å². The molecule has 0 aliphatic carbocycles. The quantitative estimate of drug-likeness (QED) is 0.715. The van der Waals surface area contributed by atoms with Gasteiger partial charge in [-0.3, -0.25) is 9.59 Å². The molecule has 2 saturated heterocycles. The second kappa shape index (κ2) is 6.02. The van der Waals surface area contributed by atoms with Gasteiger partial charge in [0.05, 0.1) is 16.6 Å². The third-order valence-corrected chi connectivity index (χ3v) is 7.78. The lowest BCUT2D eigenvalue weighted by Gasteiger charge is -2.26. The van der Waals surface area contributed by atoms with E-state index >= 15 is 0 Å². The van der Waals surface area contributed by atoms with Crippen LogP contribution in [0.4, 0.5) is 10.5 Å². The predicted octanol–water partition coefficient (Wildman–Crippen LogP) is 0.264. The Labute approximate surface area is 161 Å². The number of amides is 3. The second-order valence-corrected chi connectivity index (χ2v) is 9.45. The van der Waals surface area contributed by atoms with Gasteiger partial charge in [-0.25, -0.2) is 18.1 Å². The minimum absolute atomic E-state index is 0.0696. The van der Waals surface area contributed by atoms with Crippen molar-refractivity contribution in [3.05, 3.63) is 23.3 Å². The molecule has 4 aliphatic heterocycles. The van der Waals surface area contributed by atoms with E-state index in [-0.39, 0.29) is 30.5 Å². The summed E-state index contributed by atoms with van der Waals surface area (Å²) in [4.78, 5) is 38.7. The number of benzene rings is 1. The second-order valence-electron chi connectivity index (χ2n) is 7.51. The molecule has 9 nitrogen and oxygen atoms in total. The van der Waals surface area contributed by atoms with Crippen LogP contribution in [-0.4, -0.2) is 67.8 Å². The van der Waals surface area contributed by atoms with E-state index in [0.717, 1.165) is 21.7 Å². The minimum Gasteiger partial charge on any atom is -0.439 e. The van der Waals surface area contributed by atoms with Gasteiger partial charge >= 0.3 is 6.09 Å². The van der Waals surface area contributed by atoms with Gasteiger partial charge in [0.2, 0.25) is 15.9 Å². The minimum atomic E-state index is -3.76. The first kappa shape index (κ1) is 17.6. The first-order chi connectivity index (χ1) is 13.4. The smallest absolute Gasteiger partial charge is 0.417 e. The number of rotatable bonds is 3. The number of anilines is 1. The molecule has 0 bridgehead atoms. The Balaban J connectivity index is 1.44. The molecular formula is C18H19N3O6S. The topological polar surface area (TPSA) is 104 Å². The number of carbonyl (C=O) groups excluding carboxylic acids is 3. The van der Waals surface area contributed by atoms with Gasteiger partial charge < -0.3 is 9.64 Å². The van der Waals surface area contributed by atoms with Crippen LogP contribution in [0.15, 0.2) is 17.0 Å². The fourth-order valence-electron chi connectivity index (χ4n) is 4.58. The van der Waals surface area contributed by atoms with Crippen molar-refractivity contribution in [1.82, 2.24) is 9.21 Å². The summed E-state index contributed by atoms with van der Waals surface area (Å²) in [6, 6.07) is 2.83. The molecule has 0 N–H and O–H groups in total. The third kappa shape index (κ3) is 2.47. The van der Waals surface area contributed by atoms with Crippen LogP contribution in [0, 0.1) is 0 Å². The lowest BCUT2D eigenvalue weighted by molar-refractivity contribution is -0.127. The Bertz CT molecular complexity index is 1000. The number of cyclic esters (lactones) is 1. The van der Waals surface area contributed by atoms with Crippen LogP contribution in [0.5, 0.6) is 0 Å². The molecule has 5 rings (SSSR count). The van der Waals surface area contributed by atoms with E-state index in [2.05, 4.69) is 0 Å². The van der Waals surface area contributed by atoms with Crippen LogP contribution < -0.4 is 4.90 Å². The van der Waals surface area contributed by atoms with Crippen molar-refractivity contribution in [2.24, 2.45) is 0 Å². The molecule has 10 heteroatoms. The summed E-state index contributed by atoms with van der Waals surface area (Å²) >= 11 is 0. The highest BCUT2D eigenvalue weighted by Gasteiger charge is 2.43.